The van der Waals surface area contributed by atoms with Gasteiger partial charge in [0.25, 0.3) is 0 Å². The molecule has 2 rings (SSSR count). The van der Waals surface area contributed by atoms with Crippen molar-refractivity contribution in [2.75, 3.05) is 19.4 Å². The summed E-state index contributed by atoms with van der Waals surface area (Å²) in [6.45, 7) is 7.68. The molecule has 0 radical (unpaired) electrons. The lowest BCUT2D eigenvalue weighted by molar-refractivity contribution is -0.0872. The van der Waals surface area contributed by atoms with Gasteiger partial charge in [-0.05, 0) is 43.7 Å². The molecule has 0 saturated heterocycles. The quantitative estimate of drug-likeness (QED) is 0.874. The third-order valence-electron chi connectivity index (χ3n) is 4.99. The summed E-state index contributed by atoms with van der Waals surface area (Å²) in [7, 11) is 1.83. The molecule has 4 nitrogen and oxygen atoms in total. The second-order valence-electron chi connectivity index (χ2n) is 6.93. The van der Waals surface area contributed by atoms with Crippen LogP contribution in [0.25, 0.3) is 0 Å². The van der Waals surface area contributed by atoms with Crippen LogP contribution in [0.3, 0.4) is 0 Å². The van der Waals surface area contributed by atoms with Gasteiger partial charge in [0.1, 0.15) is 0 Å². The zero-order valence-electron chi connectivity index (χ0n) is 13.8. The molecule has 1 aliphatic carbocycles. The molecule has 0 aliphatic heterocycles. The molecule has 1 unspecified atom stereocenters. The number of methoxy groups -OCH3 is 1. The minimum Gasteiger partial charge on any atom is -0.398 e. The maximum Gasteiger partial charge on any atom is 0.0874 e. The lowest BCUT2D eigenvalue weighted by atomic mass is 9.67. The van der Waals surface area contributed by atoms with Crippen LogP contribution in [-0.2, 0) is 4.74 Å². The van der Waals surface area contributed by atoms with Gasteiger partial charge in [0, 0.05) is 30.8 Å². The van der Waals surface area contributed by atoms with Gasteiger partial charge in [0.15, 0.2) is 0 Å². The minimum atomic E-state index is -0.192. The third-order valence-corrected chi connectivity index (χ3v) is 4.99. The Morgan fingerprint density at radius 3 is 2.52 bits per heavy atom. The molecular weight excluding hydrogens is 262 g/mol. The molecule has 0 spiro atoms. The Morgan fingerprint density at radius 1 is 1.33 bits per heavy atom. The first kappa shape index (κ1) is 16.2. The number of nitrogens with two attached hydrogens (primary N) is 1. The summed E-state index contributed by atoms with van der Waals surface area (Å²) in [4.78, 5) is 4.26. The molecule has 21 heavy (non-hydrogen) atoms. The number of anilines is 1. The molecule has 1 aromatic rings. The van der Waals surface area contributed by atoms with Crippen LogP contribution in [0.5, 0.6) is 0 Å². The molecule has 1 atom stereocenters. The standard InChI is InChI=1S/C17H29N3O/c1-5-20-15(13-12-19-11-6-14(13)18)17(21-4)9-7-16(2,3)8-10-17/h6,11-12,15,20H,5,7-10H2,1-4H3,(H2,18,19). The topological polar surface area (TPSA) is 60.2 Å². The Morgan fingerprint density at radius 2 is 2.00 bits per heavy atom. The van der Waals surface area contributed by atoms with Crippen LogP contribution >= 0.6 is 0 Å². The van der Waals surface area contributed by atoms with Gasteiger partial charge in [-0.15, -0.1) is 0 Å². The predicted molar refractivity (Wildman–Crippen MR) is 87.1 cm³/mol. The van der Waals surface area contributed by atoms with Crippen LogP contribution in [0, 0.1) is 5.41 Å². The molecule has 3 N–H and O–H groups in total. The average molecular weight is 291 g/mol. The van der Waals surface area contributed by atoms with Crippen LogP contribution in [-0.4, -0.2) is 24.2 Å². The number of hydrogen-bond acceptors (Lipinski definition) is 4. The predicted octanol–water partition coefficient (Wildman–Crippen LogP) is 3.30. The summed E-state index contributed by atoms with van der Waals surface area (Å²) in [6.07, 6.45) is 8.05. The van der Waals surface area contributed by atoms with Crippen molar-refractivity contribution >= 4 is 5.69 Å². The van der Waals surface area contributed by atoms with Crippen LogP contribution in [0.2, 0.25) is 0 Å². The van der Waals surface area contributed by atoms with E-state index in [1.165, 1.54) is 12.8 Å². The van der Waals surface area contributed by atoms with Crippen molar-refractivity contribution in [2.45, 2.75) is 58.1 Å². The maximum atomic E-state index is 6.19. The summed E-state index contributed by atoms with van der Waals surface area (Å²) in [6, 6.07) is 1.97. The van der Waals surface area contributed by atoms with Gasteiger partial charge in [-0.25, -0.2) is 0 Å². The summed E-state index contributed by atoms with van der Waals surface area (Å²) in [5.41, 5.74) is 8.25. The Hall–Kier alpha value is -1.13. The Balaban J connectivity index is 2.34. The largest absolute Gasteiger partial charge is 0.398 e. The maximum absolute atomic E-state index is 6.19. The minimum absolute atomic E-state index is 0.0947. The third kappa shape index (κ3) is 3.38. The van der Waals surface area contributed by atoms with E-state index in [2.05, 4.69) is 31.1 Å². The summed E-state index contributed by atoms with van der Waals surface area (Å²) >= 11 is 0. The number of nitrogen functional groups attached to an aromatic ring is 1. The second-order valence-corrected chi connectivity index (χ2v) is 6.93. The van der Waals surface area contributed by atoms with Crippen LogP contribution < -0.4 is 11.1 Å². The number of likely N-dealkylation sites (N-methyl/N-ethyl adjacent to an activating group) is 1. The smallest absolute Gasteiger partial charge is 0.0874 e. The molecule has 118 valence electrons. The van der Waals surface area contributed by atoms with E-state index in [1.807, 2.05) is 19.4 Å². The van der Waals surface area contributed by atoms with E-state index in [4.69, 9.17) is 10.5 Å². The fourth-order valence-electron chi connectivity index (χ4n) is 3.40. The van der Waals surface area contributed by atoms with Crippen molar-refractivity contribution in [3.05, 3.63) is 24.0 Å². The lowest BCUT2D eigenvalue weighted by Gasteiger charge is -2.47. The summed E-state index contributed by atoms with van der Waals surface area (Å²) in [5.74, 6) is 0. The molecule has 0 aromatic carbocycles. The SMILES string of the molecule is CCNC(c1cnccc1N)C1(OC)CCC(C)(C)CC1. The van der Waals surface area contributed by atoms with Crippen molar-refractivity contribution in [2.24, 2.45) is 5.41 Å². The number of nitrogens with zero attached hydrogens (tertiary/aromatic N) is 1. The van der Waals surface area contributed by atoms with E-state index in [9.17, 15) is 0 Å². The number of ether oxygens (including phenoxy) is 1. The van der Waals surface area contributed by atoms with E-state index < -0.39 is 0 Å². The van der Waals surface area contributed by atoms with Gasteiger partial charge < -0.3 is 15.8 Å². The van der Waals surface area contributed by atoms with Gasteiger partial charge in [-0.3, -0.25) is 4.98 Å². The lowest BCUT2D eigenvalue weighted by Crippen LogP contribution is -2.49. The molecule has 1 aliphatic rings. The highest BCUT2D eigenvalue weighted by molar-refractivity contribution is 5.47. The van der Waals surface area contributed by atoms with Crippen molar-refractivity contribution < 1.29 is 4.74 Å². The molecule has 1 fully saturated rings. The average Bonchev–Trinajstić information content (AvgIpc) is 2.47. The number of nitrogens with one attached hydrogen (secondary N) is 1. The highest BCUT2D eigenvalue weighted by Crippen LogP contribution is 2.47. The monoisotopic (exact) mass is 291 g/mol. The fourth-order valence-corrected chi connectivity index (χ4v) is 3.40. The van der Waals surface area contributed by atoms with E-state index in [0.717, 1.165) is 30.6 Å². The fraction of sp³-hybridized carbons (Fsp3) is 0.706. The number of rotatable bonds is 5. The first-order valence-corrected chi connectivity index (χ1v) is 7.92. The molecule has 0 amide bonds. The number of aromatic nitrogens is 1. The van der Waals surface area contributed by atoms with E-state index in [0.29, 0.717) is 5.41 Å². The summed E-state index contributed by atoms with van der Waals surface area (Å²) < 4.78 is 6.05. The normalized spacial score (nSPS) is 21.9. The van der Waals surface area contributed by atoms with Gasteiger partial charge in [-0.2, -0.15) is 0 Å². The van der Waals surface area contributed by atoms with Gasteiger partial charge in [0.05, 0.1) is 11.6 Å². The van der Waals surface area contributed by atoms with Crippen LogP contribution in [0.4, 0.5) is 5.69 Å². The molecule has 1 heterocycles. The first-order valence-electron chi connectivity index (χ1n) is 7.92. The van der Waals surface area contributed by atoms with Crippen molar-refractivity contribution in [3.63, 3.8) is 0 Å². The van der Waals surface area contributed by atoms with Crippen molar-refractivity contribution in [1.82, 2.24) is 10.3 Å². The Labute approximate surface area is 128 Å². The Bertz CT molecular complexity index is 463. The molecule has 1 aromatic heterocycles. The van der Waals surface area contributed by atoms with E-state index in [1.54, 1.807) is 6.20 Å². The van der Waals surface area contributed by atoms with Crippen molar-refractivity contribution in [3.8, 4) is 0 Å². The van der Waals surface area contributed by atoms with Gasteiger partial charge in [-0.1, -0.05) is 20.8 Å². The van der Waals surface area contributed by atoms with Gasteiger partial charge in [0.2, 0.25) is 0 Å². The zero-order chi connectivity index (χ0) is 15.5. The van der Waals surface area contributed by atoms with E-state index in [-0.39, 0.29) is 11.6 Å². The van der Waals surface area contributed by atoms with Crippen LogP contribution in [0.15, 0.2) is 18.5 Å². The molecule has 0 bridgehead atoms. The molecule has 4 heteroatoms. The number of pyridine rings is 1. The molecular formula is C17H29N3O. The Kier molecular flexibility index (Phi) is 4.89. The van der Waals surface area contributed by atoms with Crippen molar-refractivity contribution in [1.29, 1.82) is 0 Å². The summed E-state index contributed by atoms with van der Waals surface area (Å²) in [5, 5.41) is 3.58. The molecule has 1 saturated carbocycles. The number of hydrogen-bond donors (Lipinski definition) is 2. The first-order chi connectivity index (χ1) is 9.94. The second kappa shape index (κ2) is 6.32. The highest BCUT2D eigenvalue weighted by atomic mass is 16.5. The highest BCUT2D eigenvalue weighted by Gasteiger charge is 2.45. The van der Waals surface area contributed by atoms with Crippen LogP contribution in [0.1, 0.15) is 58.1 Å². The van der Waals surface area contributed by atoms with Gasteiger partial charge >= 0.3 is 0 Å². The zero-order valence-corrected chi connectivity index (χ0v) is 13.8. The van der Waals surface area contributed by atoms with E-state index >= 15 is 0 Å².